The lowest BCUT2D eigenvalue weighted by Gasteiger charge is -2.21. The molecule has 12 rings (SSSR count). The first-order valence-electron chi connectivity index (χ1n) is 20.1. The summed E-state index contributed by atoms with van der Waals surface area (Å²) in [6, 6.07) is 65.3. The molecule has 1 aliphatic rings. The molecule has 0 saturated heterocycles. The molecule has 0 saturated carbocycles. The molecule has 3 heterocycles. The van der Waals surface area contributed by atoms with Crippen molar-refractivity contribution in [3.05, 3.63) is 193 Å². The summed E-state index contributed by atoms with van der Waals surface area (Å²) in [6.45, 7) is 4.65. The first-order valence-corrected chi connectivity index (χ1v) is 21.0. The van der Waals surface area contributed by atoms with Crippen molar-refractivity contribution in [1.29, 1.82) is 0 Å². The summed E-state index contributed by atoms with van der Waals surface area (Å²) in [4.78, 5) is 11.0. The number of aromatic nitrogens is 2. The van der Waals surface area contributed by atoms with Gasteiger partial charge in [-0.25, -0.2) is 9.97 Å². The number of nitrogens with zero attached hydrogens (tertiary/aromatic N) is 2. The van der Waals surface area contributed by atoms with Gasteiger partial charge in [-0.15, -0.1) is 11.3 Å². The third-order valence-electron chi connectivity index (χ3n) is 12.3. The minimum atomic E-state index is -0.146. The Bertz CT molecular complexity index is 3410. The minimum absolute atomic E-state index is 0.146. The van der Waals surface area contributed by atoms with Crippen molar-refractivity contribution in [2.75, 3.05) is 0 Å². The van der Waals surface area contributed by atoms with E-state index in [1.165, 1.54) is 38.1 Å². The van der Waals surface area contributed by atoms with E-state index in [4.69, 9.17) is 14.4 Å². The molecule has 0 atom stereocenters. The lowest BCUT2D eigenvalue weighted by Crippen LogP contribution is -2.15. The highest BCUT2D eigenvalue weighted by molar-refractivity contribution is 7.26. The number of furan rings is 1. The molecule has 0 amide bonds. The average molecular weight is 773 g/mol. The Morgan fingerprint density at radius 3 is 1.81 bits per heavy atom. The molecular weight excluding hydrogens is 737 g/mol. The normalized spacial score (nSPS) is 13.1. The van der Waals surface area contributed by atoms with Crippen LogP contribution in [0, 0.1) is 0 Å². The molecule has 3 aromatic heterocycles. The number of para-hydroxylation sites is 1. The van der Waals surface area contributed by atoms with Crippen molar-refractivity contribution in [1.82, 2.24) is 9.97 Å². The van der Waals surface area contributed by atoms with Gasteiger partial charge < -0.3 is 4.42 Å². The van der Waals surface area contributed by atoms with Crippen molar-refractivity contribution >= 4 is 53.6 Å². The van der Waals surface area contributed by atoms with Crippen LogP contribution >= 0.6 is 11.3 Å². The van der Waals surface area contributed by atoms with Crippen LogP contribution in [0.2, 0.25) is 0 Å². The van der Waals surface area contributed by atoms with Crippen LogP contribution in [0.5, 0.6) is 0 Å². The first kappa shape index (κ1) is 33.9. The molecule has 0 spiro atoms. The summed E-state index contributed by atoms with van der Waals surface area (Å²) < 4.78 is 9.01. The van der Waals surface area contributed by atoms with E-state index in [1.54, 1.807) is 11.3 Å². The summed E-state index contributed by atoms with van der Waals surface area (Å²) in [6.07, 6.45) is 0. The molecular formula is C55H36N2OS. The van der Waals surface area contributed by atoms with Gasteiger partial charge in [0.15, 0.2) is 5.82 Å². The standard InChI is InChI=1S/C55H36N2OS/c1-55(2)45-22-12-9-19-40(45)41-26-25-35(31-46(41)55)54-56-51-43-21-11-14-24-49(43)59-53(51)52(57-54)44-30-39(32-48-50(44)42-20-10-13-23-47(42)58-48)38-28-36(33-15-5-3-6-16-33)27-37(29-38)34-17-7-4-8-18-34/h3-32H,1-2H3. The largest absolute Gasteiger partial charge is 0.456 e. The summed E-state index contributed by atoms with van der Waals surface area (Å²) in [5.74, 6) is 0.717. The van der Waals surface area contributed by atoms with Gasteiger partial charge in [0.2, 0.25) is 0 Å². The number of fused-ring (bicyclic) bond motifs is 9. The van der Waals surface area contributed by atoms with Gasteiger partial charge in [-0.3, -0.25) is 0 Å². The molecule has 8 aromatic carbocycles. The highest BCUT2D eigenvalue weighted by atomic mass is 32.1. The fraction of sp³-hybridized carbons (Fsp3) is 0.0545. The topological polar surface area (TPSA) is 38.9 Å². The highest BCUT2D eigenvalue weighted by Crippen LogP contribution is 2.50. The van der Waals surface area contributed by atoms with E-state index in [0.717, 1.165) is 82.4 Å². The highest BCUT2D eigenvalue weighted by Gasteiger charge is 2.35. The molecule has 11 aromatic rings. The molecule has 0 N–H and O–H groups in total. The van der Waals surface area contributed by atoms with Crippen molar-refractivity contribution in [2.24, 2.45) is 0 Å². The van der Waals surface area contributed by atoms with Crippen LogP contribution in [0.1, 0.15) is 25.0 Å². The summed E-state index contributed by atoms with van der Waals surface area (Å²) in [5.41, 5.74) is 17.5. The molecule has 278 valence electrons. The molecule has 3 nitrogen and oxygen atoms in total. The Labute approximate surface area is 345 Å². The fourth-order valence-electron chi connectivity index (χ4n) is 9.34. The van der Waals surface area contributed by atoms with E-state index in [9.17, 15) is 0 Å². The molecule has 0 fully saturated rings. The molecule has 0 radical (unpaired) electrons. The minimum Gasteiger partial charge on any atom is -0.456 e. The van der Waals surface area contributed by atoms with E-state index in [-0.39, 0.29) is 5.41 Å². The van der Waals surface area contributed by atoms with Crippen LogP contribution in [-0.2, 0) is 5.41 Å². The number of thiophene rings is 1. The number of rotatable bonds is 5. The smallest absolute Gasteiger partial charge is 0.160 e. The van der Waals surface area contributed by atoms with Crippen LogP contribution in [0.3, 0.4) is 0 Å². The molecule has 1 aliphatic carbocycles. The molecule has 0 bridgehead atoms. The van der Waals surface area contributed by atoms with Crippen molar-refractivity contribution < 1.29 is 4.42 Å². The summed E-state index contributed by atoms with van der Waals surface area (Å²) >= 11 is 1.76. The zero-order valence-electron chi connectivity index (χ0n) is 32.5. The average Bonchev–Trinajstić information content (AvgIpc) is 3.94. The maximum Gasteiger partial charge on any atom is 0.160 e. The van der Waals surface area contributed by atoms with Gasteiger partial charge in [-0.2, -0.15) is 0 Å². The fourth-order valence-corrected chi connectivity index (χ4v) is 10.5. The quantitative estimate of drug-likeness (QED) is 0.175. The zero-order chi connectivity index (χ0) is 39.2. The van der Waals surface area contributed by atoms with E-state index in [0.29, 0.717) is 0 Å². The molecule has 0 aliphatic heterocycles. The Morgan fingerprint density at radius 1 is 0.441 bits per heavy atom. The van der Waals surface area contributed by atoms with E-state index >= 15 is 0 Å². The second-order valence-electron chi connectivity index (χ2n) is 16.1. The van der Waals surface area contributed by atoms with Gasteiger partial charge in [0.25, 0.3) is 0 Å². The van der Waals surface area contributed by atoms with E-state index in [2.05, 4.69) is 190 Å². The van der Waals surface area contributed by atoms with Crippen molar-refractivity contribution in [3.63, 3.8) is 0 Å². The van der Waals surface area contributed by atoms with Crippen molar-refractivity contribution in [2.45, 2.75) is 19.3 Å². The Morgan fingerprint density at radius 2 is 1.05 bits per heavy atom. The second-order valence-corrected chi connectivity index (χ2v) is 17.2. The third-order valence-corrected chi connectivity index (χ3v) is 13.4. The molecule has 4 heteroatoms. The van der Waals surface area contributed by atoms with Crippen LogP contribution < -0.4 is 0 Å². The van der Waals surface area contributed by atoms with Gasteiger partial charge in [-0.05, 0) is 104 Å². The SMILES string of the molecule is CC1(C)c2ccccc2-c2ccc(-c3nc(-c4cc(-c5cc(-c6ccccc6)cc(-c6ccccc6)c5)cc5oc6ccccc6c45)c4sc5ccccc5c4n3)cc21. The van der Waals surface area contributed by atoms with Gasteiger partial charge in [0, 0.05) is 37.4 Å². The lowest BCUT2D eigenvalue weighted by atomic mass is 9.82. The van der Waals surface area contributed by atoms with Crippen LogP contribution in [0.25, 0.3) is 109 Å². The summed E-state index contributed by atoms with van der Waals surface area (Å²) in [5, 5.41) is 3.26. The van der Waals surface area contributed by atoms with E-state index < -0.39 is 0 Å². The van der Waals surface area contributed by atoms with E-state index in [1.807, 2.05) is 6.07 Å². The summed E-state index contributed by atoms with van der Waals surface area (Å²) in [7, 11) is 0. The van der Waals surface area contributed by atoms with Gasteiger partial charge >= 0.3 is 0 Å². The Balaban J connectivity index is 1.14. The second kappa shape index (κ2) is 12.9. The van der Waals surface area contributed by atoms with Crippen LogP contribution in [-0.4, -0.2) is 9.97 Å². The lowest BCUT2D eigenvalue weighted by molar-refractivity contribution is 0.660. The molecule has 59 heavy (non-hydrogen) atoms. The first-order chi connectivity index (χ1) is 29.0. The maximum absolute atomic E-state index is 6.76. The van der Waals surface area contributed by atoms with Gasteiger partial charge in [-0.1, -0.05) is 147 Å². The monoisotopic (exact) mass is 772 g/mol. The Hall–Kier alpha value is -7.14. The predicted molar refractivity (Wildman–Crippen MR) is 247 cm³/mol. The van der Waals surface area contributed by atoms with Gasteiger partial charge in [0.1, 0.15) is 11.2 Å². The maximum atomic E-state index is 6.76. The molecule has 0 unspecified atom stereocenters. The van der Waals surface area contributed by atoms with Crippen LogP contribution in [0.4, 0.5) is 0 Å². The number of hydrogen-bond donors (Lipinski definition) is 0. The van der Waals surface area contributed by atoms with Crippen LogP contribution in [0.15, 0.2) is 186 Å². The van der Waals surface area contributed by atoms with Crippen molar-refractivity contribution in [3.8, 4) is 67.2 Å². The number of benzene rings is 8. The predicted octanol–water partition coefficient (Wildman–Crippen LogP) is 15.4. The Kier molecular flexibility index (Phi) is 7.44. The van der Waals surface area contributed by atoms with Gasteiger partial charge in [0.05, 0.1) is 15.9 Å². The number of hydrogen-bond acceptors (Lipinski definition) is 4. The third kappa shape index (κ3) is 5.34. The zero-order valence-corrected chi connectivity index (χ0v) is 33.3.